The molecule has 4 rings (SSSR count). The van der Waals surface area contributed by atoms with E-state index in [-0.39, 0.29) is 43.3 Å². The lowest BCUT2D eigenvalue weighted by atomic mass is 10.1. The number of nitrogens with zero attached hydrogens (tertiary/aromatic N) is 2. The number of methoxy groups -OCH3 is 1. The van der Waals surface area contributed by atoms with E-state index in [0.29, 0.717) is 29.2 Å². The minimum absolute atomic E-state index is 0.0476. The quantitative estimate of drug-likeness (QED) is 0.559. The van der Waals surface area contributed by atoms with Crippen LogP contribution in [0.5, 0.6) is 0 Å². The molecule has 9 nitrogen and oxygen atoms in total. The molecule has 3 atom stereocenters. The number of halogens is 2. The van der Waals surface area contributed by atoms with Gasteiger partial charge in [-0.2, -0.15) is 0 Å². The van der Waals surface area contributed by atoms with E-state index < -0.39 is 23.8 Å². The molecule has 4 N–H and O–H groups in total. The summed E-state index contributed by atoms with van der Waals surface area (Å²) in [5.74, 6) is -1.35. The summed E-state index contributed by atoms with van der Waals surface area (Å²) in [4.78, 5) is 41.1. The van der Waals surface area contributed by atoms with Gasteiger partial charge in [0.05, 0.1) is 11.8 Å². The number of carbonyl (C=O) groups is 3. The molecule has 3 unspecified atom stereocenters. The molecule has 4 amide bonds. The van der Waals surface area contributed by atoms with Gasteiger partial charge in [0.2, 0.25) is 11.8 Å². The number of carbonyl (C=O) groups excluding carboxylic acids is 3. The summed E-state index contributed by atoms with van der Waals surface area (Å²) in [6, 6.07) is 9.23. The number of likely N-dealkylation sites (tertiary alicyclic amines) is 1. The van der Waals surface area contributed by atoms with Gasteiger partial charge in [0.1, 0.15) is 11.9 Å². The van der Waals surface area contributed by atoms with E-state index in [4.69, 9.17) is 22.1 Å². The van der Waals surface area contributed by atoms with Crippen LogP contribution in [0.1, 0.15) is 19.3 Å². The van der Waals surface area contributed by atoms with Crippen molar-refractivity contribution in [3.8, 4) is 0 Å². The third-order valence-corrected chi connectivity index (χ3v) is 6.59. The maximum Gasteiger partial charge on any atom is 0.322 e. The summed E-state index contributed by atoms with van der Waals surface area (Å²) in [6.45, 7) is 0.481. The van der Waals surface area contributed by atoms with Crippen molar-refractivity contribution < 1.29 is 23.5 Å². The van der Waals surface area contributed by atoms with Gasteiger partial charge in [0, 0.05) is 55.5 Å². The standard InChI is InChI=1S/C24H27ClFN5O4/c1-35-18-11-21(30(13-18)24(34)28-15-4-2-14(25)3-5-15)23(33)29-20-8-6-16(10-19(20)26)31-17(12-27)7-9-22(31)32/h2-6,8,10,17-18,21H,7,9,11-13,27H2,1H3,(H,28,34)(H,29,33). The molecule has 0 bridgehead atoms. The highest BCUT2D eigenvalue weighted by Crippen LogP contribution is 2.30. The first-order chi connectivity index (χ1) is 16.8. The van der Waals surface area contributed by atoms with Crippen molar-refractivity contribution >= 4 is 46.5 Å². The first kappa shape index (κ1) is 24.9. The zero-order chi connectivity index (χ0) is 25.1. The Morgan fingerprint density at radius 3 is 2.60 bits per heavy atom. The van der Waals surface area contributed by atoms with Gasteiger partial charge in [-0.05, 0) is 48.9 Å². The molecule has 11 heteroatoms. The minimum atomic E-state index is -0.867. The second kappa shape index (κ2) is 10.6. The average molecular weight is 504 g/mol. The second-order valence-corrected chi connectivity index (χ2v) is 8.98. The Balaban J connectivity index is 1.47. The number of ether oxygens (including phenoxy) is 1. The Bertz CT molecular complexity index is 1120. The van der Waals surface area contributed by atoms with Gasteiger partial charge in [-0.15, -0.1) is 0 Å². The molecule has 2 fully saturated rings. The van der Waals surface area contributed by atoms with Gasteiger partial charge in [-0.3, -0.25) is 9.59 Å². The topological polar surface area (TPSA) is 117 Å². The van der Waals surface area contributed by atoms with Crippen molar-refractivity contribution in [2.75, 3.05) is 35.7 Å². The fourth-order valence-electron chi connectivity index (χ4n) is 4.46. The molecular weight excluding hydrogens is 477 g/mol. The van der Waals surface area contributed by atoms with Gasteiger partial charge in [-0.1, -0.05) is 11.6 Å². The Labute approximate surface area is 207 Å². The average Bonchev–Trinajstić information content (AvgIpc) is 3.45. The molecule has 2 aromatic rings. The highest BCUT2D eigenvalue weighted by molar-refractivity contribution is 6.30. The van der Waals surface area contributed by atoms with Crippen molar-refractivity contribution in [2.24, 2.45) is 5.73 Å². The van der Waals surface area contributed by atoms with E-state index in [0.717, 1.165) is 0 Å². The van der Waals surface area contributed by atoms with Crippen LogP contribution in [-0.4, -0.2) is 61.1 Å². The molecule has 2 aliphatic heterocycles. The molecule has 2 saturated heterocycles. The van der Waals surface area contributed by atoms with Crippen LogP contribution in [0.25, 0.3) is 0 Å². The maximum atomic E-state index is 14.9. The SMILES string of the molecule is COC1CC(C(=O)Nc2ccc(N3C(=O)CCC3CN)cc2F)N(C(=O)Nc2ccc(Cl)cc2)C1. The Morgan fingerprint density at radius 2 is 1.94 bits per heavy atom. The summed E-state index contributed by atoms with van der Waals surface area (Å²) >= 11 is 5.89. The summed E-state index contributed by atoms with van der Waals surface area (Å²) in [5, 5.41) is 5.84. The number of rotatable bonds is 6. The predicted octanol–water partition coefficient (Wildman–Crippen LogP) is 3.19. The Kier molecular flexibility index (Phi) is 7.54. The van der Waals surface area contributed by atoms with Crippen molar-refractivity contribution in [3.63, 3.8) is 0 Å². The first-order valence-corrected chi connectivity index (χ1v) is 11.7. The molecule has 0 aliphatic carbocycles. The summed E-state index contributed by atoms with van der Waals surface area (Å²) in [6.07, 6.45) is 0.892. The van der Waals surface area contributed by atoms with Gasteiger partial charge in [0.15, 0.2) is 0 Å². The molecule has 35 heavy (non-hydrogen) atoms. The van der Waals surface area contributed by atoms with E-state index in [2.05, 4.69) is 10.6 Å². The van der Waals surface area contributed by atoms with Crippen molar-refractivity contribution in [3.05, 3.63) is 53.3 Å². The number of urea groups is 1. The maximum absolute atomic E-state index is 14.9. The van der Waals surface area contributed by atoms with E-state index >= 15 is 0 Å². The molecule has 0 aromatic heterocycles. The van der Waals surface area contributed by atoms with Crippen LogP contribution < -0.4 is 21.3 Å². The lowest BCUT2D eigenvalue weighted by Crippen LogP contribution is -2.45. The molecule has 186 valence electrons. The van der Waals surface area contributed by atoms with Crippen molar-refractivity contribution in [1.82, 2.24) is 4.90 Å². The van der Waals surface area contributed by atoms with Crippen LogP contribution in [0.3, 0.4) is 0 Å². The van der Waals surface area contributed by atoms with Gasteiger partial charge in [-0.25, -0.2) is 9.18 Å². The highest BCUT2D eigenvalue weighted by atomic mass is 35.5. The van der Waals surface area contributed by atoms with Crippen LogP contribution in [0.4, 0.5) is 26.2 Å². The lowest BCUT2D eigenvalue weighted by Gasteiger charge is -2.25. The van der Waals surface area contributed by atoms with Gasteiger partial charge < -0.3 is 30.9 Å². The predicted molar refractivity (Wildman–Crippen MR) is 131 cm³/mol. The lowest BCUT2D eigenvalue weighted by molar-refractivity contribution is -0.119. The zero-order valence-corrected chi connectivity index (χ0v) is 19.9. The normalized spacial score (nSPS) is 21.9. The number of nitrogens with two attached hydrogens (primary N) is 1. The Morgan fingerprint density at radius 1 is 1.20 bits per heavy atom. The van der Waals surface area contributed by atoms with Gasteiger partial charge >= 0.3 is 6.03 Å². The Hall–Kier alpha value is -3.21. The van der Waals surface area contributed by atoms with Crippen molar-refractivity contribution in [2.45, 2.75) is 37.5 Å². The van der Waals surface area contributed by atoms with E-state index in [1.165, 1.54) is 29.0 Å². The summed E-state index contributed by atoms with van der Waals surface area (Å²) in [7, 11) is 1.51. The monoisotopic (exact) mass is 503 g/mol. The molecular formula is C24H27ClFN5O4. The molecule has 0 radical (unpaired) electrons. The molecule has 2 heterocycles. The third-order valence-electron chi connectivity index (χ3n) is 6.34. The molecule has 2 aliphatic rings. The minimum Gasteiger partial charge on any atom is -0.380 e. The molecule has 0 saturated carbocycles. The molecule has 2 aromatic carbocycles. The number of anilines is 3. The molecule has 0 spiro atoms. The summed E-state index contributed by atoms with van der Waals surface area (Å²) in [5.41, 5.74) is 6.61. The van der Waals surface area contributed by atoms with E-state index in [1.807, 2.05) is 0 Å². The van der Waals surface area contributed by atoms with E-state index in [9.17, 15) is 18.8 Å². The number of nitrogens with one attached hydrogen (secondary N) is 2. The highest BCUT2D eigenvalue weighted by Gasteiger charge is 2.40. The van der Waals surface area contributed by atoms with Crippen molar-refractivity contribution in [1.29, 1.82) is 0 Å². The zero-order valence-electron chi connectivity index (χ0n) is 19.2. The van der Waals surface area contributed by atoms with Gasteiger partial charge in [0.25, 0.3) is 0 Å². The van der Waals surface area contributed by atoms with Crippen LogP contribution >= 0.6 is 11.6 Å². The van der Waals surface area contributed by atoms with E-state index in [1.54, 1.807) is 30.3 Å². The fraction of sp³-hybridized carbons (Fsp3) is 0.375. The van der Waals surface area contributed by atoms with Crippen LogP contribution in [0.15, 0.2) is 42.5 Å². The summed E-state index contributed by atoms with van der Waals surface area (Å²) < 4.78 is 20.3. The van der Waals surface area contributed by atoms with Crippen LogP contribution in [0.2, 0.25) is 5.02 Å². The first-order valence-electron chi connectivity index (χ1n) is 11.3. The number of hydrogen-bond acceptors (Lipinski definition) is 5. The number of benzene rings is 2. The van der Waals surface area contributed by atoms with Crippen LogP contribution in [0, 0.1) is 5.82 Å². The smallest absolute Gasteiger partial charge is 0.322 e. The second-order valence-electron chi connectivity index (χ2n) is 8.54. The number of hydrogen-bond donors (Lipinski definition) is 3. The third kappa shape index (κ3) is 5.39. The fourth-order valence-corrected chi connectivity index (χ4v) is 4.59. The largest absolute Gasteiger partial charge is 0.380 e. The van der Waals surface area contributed by atoms with Crippen LogP contribution in [-0.2, 0) is 14.3 Å². The number of amides is 4.